The summed E-state index contributed by atoms with van der Waals surface area (Å²) in [6, 6.07) is 5.00. The van der Waals surface area contributed by atoms with Gasteiger partial charge in [0.25, 0.3) is 0 Å². The van der Waals surface area contributed by atoms with Crippen molar-refractivity contribution in [1.82, 2.24) is 0 Å². The third kappa shape index (κ3) is 3.45. The number of aromatic carboxylic acids is 1. The summed E-state index contributed by atoms with van der Waals surface area (Å²) in [6.45, 7) is 0.636. The molecule has 0 saturated carbocycles. The molecule has 0 aliphatic rings. The zero-order valence-electron chi connectivity index (χ0n) is 8.40. The Morgan fingerprint density at radius 2 is 2.33 bits per heavy atom. The van der Waals surface area contributed by atoms with Crippen molar-refractivity contribution in [3.05, 3.63) is 23.8 Å². The first kappa shape index (κ1) is 11.9. The van der Waals surface area contributed by atoms with Gasteiger partial charge in [-0.3, -0.25) is 0 Å². The highest BCUT2D eigenvalue weighted by Gasteiger charge is 2.08. The van der Waals surface area contributed by atoms with Crippen LogP contribution in [0.5, 0.6) is 0 Å². The lowest BCUT2D eigenvalue weighted by molar-refractivity contribution is 0.0698. The molecule has 1 aromatic rings. The first-order valence-electron chi connectivity index (χ1n) is 4.39. The van der Waals surface area contributed by atoms with Gasteiger partial charge in [0.05, 0.1) is 12.2 Å². The maximum Gasteiger partial charge on any atom is 0.337 e. The van der Waals surface area contributed by atoms with E-state index in [1.807, 2.05) is 6.07 Å². The molecule has 0 fully saturated rings. The summed E-state index contributed by atoms with van der Waals surface area (Å²) >= 11 is 1.54. The van der Waals surface area contributed by atoms with E-state index in [-0.39, 0.29) is 5.56 Å². The Bertz CT molecular complexity index is 355. The van der Waals surface area contributed by atoms with Crippen LogP contribution >= 0.6 is 11.8 Å². The summed E-state index contributed by atoms with van der Waals surface area (Å²) in [5.74, 6) is -0.207. The van der Waals surface area contributed by atoms with Crippen molar-refractivity contribution in [2.24, 2.45) is 0 Å². The van der Waals surface area contributed by atoms with E-state index in [4.69, 9.17) is 15.6 Å². The molecular formula is C10H13NO3S. The summed E-state index contributed by atoms with van der Waals surface area (Å²) in [6.07, 6.45) is 0. The van der Waals surface area contributed by atoms with Crippen LogP contribution in [-0.2, 0) is 4.74 Å². The molecule has 0 atom stereocenters. The fourth-order valence-corrected chi connectivity index (χ4v) is 1.90. The maximum atomic E-state index is 10.8. The van der Waals surface area contributed by atoms with Crippen molar-refractivity contribution in [3.63, 3.8) is 0 Å². The molecule has 0 heterocycles. The lowest BCUT2D eigenvalue weighted by Gasteiger charge is -2.04. The van der Waals surface area contributed by atoms with Gasteiger partial charge in [-0.05, 0) is 18.2 Å². The summed E-state index contributed by atoms with van der Waals surface area (Å²) in [4.78, 5) is 11.7. The minimum atomic E-state index is -0.998. The predicted octanol–water partition coefficient (Wildman–Crippen LogP) is 1.71. The topological polar surface area (TPSA) is 72.5 Å². The number of carboxylic acid groups (broad SMARTS) is 1. The van der Waals surface area contributed by atoms with Gasteiger partial charge >= 0.3 is 5.97 Å². The molecule has 0 aliphatic carbocycles. The van der Waals surface area contributed by atoms with Crippen LogP contribution < -0.4 is 5.73 Å². The van der Waals surface area contributed by atoms with Crippen molar-refractivity contribution in [2.75, 3.05) is 25.2 Å². The number of carbonyl (C=O) groups is 1. The molecule has 0 spiro atoms. The van der Waals surface area contributed by atoms with Crippen LogP contribution in [0.4, 0.5) is 5.69 Å². The smallest absolute Gasteiger partial charge is 0.337 e. The Morgan fingerprint density at radius 3 is 2.93 bits per heavy atom. The van der Waals surface area contributed by atoms with Crippen LogP contribution in [-0.4, -0.2) is 30.5 Å². The Kier molecular flexibility index (Phi) is 4.45. The first-order valence-corrected chi connectivity index (χ1v) is 5.38. The van der Waals surface area contributed by atoms with E-state index in [1.54, 1.807) is 31.0 Å². The van der Waals surface area contributed by atoms with Gasteiger partial charge in [0.15, 0.2) is 0 Å². The van der Waals surface area contributed by atoms with Crippen molar-refractivity contribution < 1.29 is 14.6 Å². The normalized spacial score (nSPS) is 10.2. The van der Waals surface area contributed by atoms with Crippen LogP contribution in [0.25, 0.3) is 0 Å². The highest BCUT2D eigenvalue weighted by molar-refractivity contribution is 7.99. The molecule has 0 aliphatic heterocycles. The van der Waals surface area contributed by atoms with Crippen molar-refractivity contribution >= 4 is 23.4 Å². The van der Waals surface area contributed by atoms with Crippen molar-refractivity contribution in [3.8, 4) is 0 Å². The maximum absolute atomic E-state index is 10.8. The molecule has 4 nitrogen and oxygen atoms in total. The number of nitrogens with two attached hydrogens (primary N) is 1. The molecule has 1 aromatic carbocycles. The van der Waals surface area contributed by atoms with Gasteiger partial charge in [0.2, 0.25) is 0 Å². The molecule has 15 heavy (non-hydrogen) atoms. The highest BCUT2D eigenvalue weighted by atomic mass is 32.2. The molecule has 0 bridgehead atoms. The molecule has 0 saturated heterocycles. The van der Waals surface area contributed by atoms with Gasteiger partial charge < -0.3 is 15.6 Å². The van der Waals surface area contributed by atoms with Crippen LogP contribution in [0, 0.1) is 0 Å². The molecule has 0 aromatic heterocycles. The van der Waals surface area contributed by atoms with E-state index < -0.39 is 5.97 Å². The molecule has 0 radical (unpaired) electrons. The quantitative estimate of drug-likeness (QED) is 0.455. The number of ether oxygens (including phenoxy) is 1. The van der Waals surface area contributed by atoms with E-state index in [2.05, 4.69) is 0 Å². The second-order valence-electron chi connectivity index (χ2n) is 2.90. The summed E-state index contributed by atoms with van der Waals surface area (Å²) in [7, 11) is 1.63. The molecule has 0 amide bonds. The summed E-state index contributed by atoms with van der Waals surface area (Å²) < 4.78 is 4.90. The zero-order valence-corrected chi connectivity index (χ0v) is 9.21. The number of benzene rings is 1. The van der Waals surface area contributed by atoms with E-state index in [0.29, 0.717) is 12.3 Å². The lowest BCUT2D eigenvalue weighted by atomic mass is 10.2. The summed E-state index contributed by atoms with van der Waals surface area (Å²) in [5, 5.41) is 8.85. The average molecular weight is 227 g/mol. The van der Waals surface area contributed by atoms with Crippen LogP contribution in [0.1, 0.15) is 10.4 Å². The predicted molar refractivity (Wildman–Crippen MR) is 60.4 cm³/mol. The molecule has 5 heteroatoms. The fourth-order valence-electron chi connectivity index (χ4n) is 1.05. The van der Waals surface area contributed by atoms with Gasteiger partial charge in [-0.2, -0.15) is 0 Å². The minimum Gasteiger partial charge on any atom is -0.478 e. The second-order valence-corrected chi connectivity index (χ2v) is 4.06. The zero-order chi connectivity index (χ0) is 11.3. The lowest BCUT2D eigenvalue weighted by Crippen LogP contribution is -2.02. The Labute approximate surface area is 92.4 Å². The SMILES string of the molecule is COCCSc1ccc(N)c(C(=O)O)c1. The largest absolute Gasteiger partial charge is 0.478 e. The van der Waals surface area contributed by atoms with Crippen molar-refractivity contribution in [1.29, 1.82) is 0 Å². The van der Waals surface area contributed by atoms with Gasteiger partial charge in [-0.1, -0.05) is 0 Å². The number of rotatable bonds is 5. The van der Waals surface area contributed by atoms with Crippen LogP contribution in [0.15, 0.2) is 23.1 Å². The number of carboxylic acids is 1. The highest BCUT2D eigenvalue weighted by Crippen LogP contribution is 2.22. The standard InChI is InChI=1S/C10H13NO3S/c1-14-4-5-15-7-2-3-9(11)8(6-7)10(12)13/h2-3,6H,4-5,11H2,1H3,(H,12,13). The van der Waals surface area contributed by atoms with Gasteiger partial charge in [-0.15, -0.1) is 11.8 Å². The third-order valence-electron chi connectivity index (χ3n) is 1.81. The molecule has 3 N–H and O–H groups in total. The fraction of sp³-hybridized carbons (Fsp3) is 0.300. The average Bonchev–Trinajstić information content (AvgIpc) is 2.20. The summed E-state index contributed by atoms with van der Waals surface area (Å²) in [5.41, 5.74) is 5.97. The van der Waals surface area contributed by atoms with Crippen LogP contribution in [0.3, 0.4) is 0 Å². The minimum absolute atomic E-state index is 0.150. The molecule has 0 unspecified atom stereocenters. The Morgan fingerprint density at radius 1 is 1.60 bits per heavy atom. The van der Waals surface area contributed by atoms with Gasteiger partial charge in [-0.25, -0.2) is 4.79 Å². The van der Waals surface area contributed by atoms with Crippen molar-refractivity contribution in [2.45, 2.75) is 4.90 Å². The van der Waals surface area contributed by atoms with Crippen LogP contribution in [0.2, 0.25) is 0 Å². The Hall–Kier alpha value is -1.20. The second kappa shape index (κ2) is 5.63. The number of hydrogen-bond acceptors (Lipinski definition) is 4. The molecular weight excluding hydrogens is 214 g/mol. The number of nitrogen functional groups attached to an aromatic ring is 1. The molecule has 82 valence electrons. The van der Waals surface area contributed by atoms with E-state index in [9.17, 15) is 4.79 Å². The van der Waals surface area contributed by atoms with E-state index >= 15 is 0 Å². The molecule has 1 rings (SSSR count). The number of thioether (sulfide) groups is 1. The van der Waals surface area contributed by atoms with E-state index in [0.717, 1.165) is 10.6 Å². The van der Waals surface area contributed by atoms with E-state index in [1.165, 1.54) is 0 Å². The monoisotopic (exact) mass is 227 g/mol. The van der Waals surface area contributed by atoms with Gasteiger partial charge in [0, 0.05) is 23.4 Å². The Balaban J connectivity index is 2.74. The number of anilines is 1. The first-order chi connectivity index (χ1) is 7.15. The van der Waals surface area contributed by atoms with Gasteiger partial charge in [0.1, 0.15) is 0 Å². The number of methoxy groups -OCH3 is 1. The number of hydrogen-bond donors (Lipinski definition) is 2. The third-order valence-corrected chi connectivity index (χ3v) is 2.77.